The summed E-state index contributed by atoms with van der Waals surface area (Å²) in [5.41, 5.74) is 2.32. The highest BCUT2D eigenvalue weighted by atomic mass is 32.2. The van der Waals surface area contributed by atoms with Crippen LogP contribution in [-0.4, -0.2) is 35.5 Å². The molecule has 0 bridgehead atoms. The summed E-state index contributed by atoms with van der Waals surface area (Å²) in [7, 11) is -3.50. The largest absolute Gasteiger partial charge is 0.493 e. The first-order valence-corrected chi connectivity index (χ1v) is 12.2. The lowest BCUT2D eigenvalue weighted by molar-refractivity contribution is 0.343. The van der Waals surface area contributed by atoms with Crippen molar-refractivity contribution in [2.24, 2.45) is 0 Å². The van der Waals surface area contributed by atoms with Crippen molar-refractivity contribution in [2.45, 2.75) is 36.2 Å². The molecule has 3 rings (SSSR count). The molecule has 0 saturated heterocycles. The Morgan fingerprint density at radius 1 is 1.10 bits per heavy atom. The van der Waals surface area contributed by atoms with Gasteiger partial charge in [0, 0.05) is 12.3 Å². The third-order valence-electron chi connectivity index (χ3n) is 4.30. The van der Waals surface area contributed by atoms with Gasteiger partial charge in [-0.25, -0.2) is 8.42 Å². The first-order valence-electron chi connectivity index (χ1n) is 9.54. The molecule has 2 aromatic carbocycles. The fourth-order valence-corrected chi connectivity index (χ4v) is 5.11. The van der Waals surface area contributed by atoms with E-state index < -0.39 is 9.84 Å². The minimum Gasteiger partial charge on any atom is -0.493 e. The van der Waals surface area contributed by atoms with Gasteiger partial charge in [0.25, 0.3) is 0 Å². The van der Waals surface area contributed by atoms with Crippen LogP contribution in [0.1, 0.15) is 17.0 Å². The van der Waals surface area contributed by atoms with Crippen LogP contribution in [0.15, 0.2) is 71.2 Å². The molecule has 8 heteroatoms. The van der Waals surface area contributed by atoms with Crippen LogP contribution in [0.5, 0.6) is 5.75 Å². The summed E-state index contributed by atoms with van der Waals surface area (Å²) in [4.78, 5) is 0.272. The van der Waals surface area contributed by atoms with E-state index in [1.807, 2.05) is 26.0 Å². The molecule has 0 N–H and O–H groups in total. The Balaban J connectivity index is 1.66. The number of ether oxygens (including phenoxy) is 1. The van der Waals surface area contributed by atoms with Gasteiger partial charge in [-0.15, -0.1) is 16.8 Å². The maximum absolute atomic E-state index is 12.7. The normalized spacial score (nSPS) is 11.4. The lowest BCUT2D eigenvalue weighted by atomic mass is 10.1. The molecule has 0 aliphatic heterocycles. The number of aryl methyl sites for hydroxylation is 2. The Bertz CT molecular complexity index is 1090. The number of aromatic nitrogens is 3. The molecule has 0 aliphatic carbocycles. The summed E-state index contributed by atoms with van der Waals surface area (Å²) in [5, 5.41) is 8.97. The molecule has 158 valence electrons. The molecule has 0 amide bonds. The maximum atomic E-state index is 12.7. The molecule has 0 aliphatic rings. The number of hydrogen-bond acceptors (Lipinski definition) is 6. The van der Waals surface area contributed by atoms with Crippen molar-refractivity contribution in [3.05, 3.63) is 78.1 Å². The molecule has 0 unspecified atom stereocenters. The molecule has 3 aromatic rings. The predicted molar refractivity (Wildman–Crippen MR) is 120 cm³/mol. The fraction of sp³-hybridized carbons (Fsp3) is 0.273. The zero-order chi connectivity index (χ0) is 21.6. The van der Waals surface area contributed by atoms with E-state index in [4.69, 9.17) is 4.74 Å². The molecule has 0 radical (unpaired) electrons. The van der Waals surface area contributed by atoms with Crippen molar-refractivity contribution in [1.82, 2.24) is 14.8 Å². The van der Waals surface area contributed by atoms with Crippen LogP contribution in [0, 0.1) is 13.8 Å². The predicted octanol–water partition coefficient (Wildman–Crippen LogP) is 4.23. The Kier molecular flexibility index (Phi) is 7.33. The monoisotopic (exact) mass is 443 g/mol. The molecular weight excluding hydrogens is 418 g/mol. The fourth-order valence-electron chi connectivity index (χ4n) is 3.03. The molecule has 1 aromatic heterocycles. The SMILES string of the molecule is C=CCn1c(CS(=O)(=O)c2ccccc2)nnc1SCCOc1cc(C)cc(C)c1. The topological polar surface area (TPSA) is 74.1 Å². The highest BCUT2D eigenvalue weighted by Crippen LogP contribution is 2.22. The molecule has 0 atom stereocenters. The zero-order valence-corrected chi connectivity index (χ0v) is 18.7. The summed E-state index contributed by atoms with van der Waals surface area (Å²) >= 11 is 1.48. The van der Waals surface area contributed by atoms with Crippen molar-refractivity contribution in [2.75, 3.05) is 12.4 Å². The smallest absolute Gasteiger partial charge is 0.191 e. The molecule has 0 fully saturated rings. The second-order valence-electron chi connectivity index (χ2n) is 6.89. The van der Waals surface area contributed by atoms with Crippen LogP contribution in [0.2, 0.25) is 0 Å². The van der Waals surface area contributed by atoms with E-state index in [2.05, 4.69) is 22.8 Å². The van der Waals surface area contributed by atoms with Gasteiger partial charge in [0.05, 0.1) is 11.5 Å². The van der Waals surface area contributed by atoms with Crippen LogP contribution in [0.25, 0.3) is 0 Å². The van der Waals surface area contributed by atoms with Crippen LogP contribution >= 0.6 is 11.8 Å². The Morgan fingerprint density at radius 3 is 2.47 bits per heavy atom. The summed E-state index contributed by atoms with van der Waals surface area (Å²) in [5.74, 6) is 1.69. The number of rotatable bonds is 10. The molecular formula is C22H25N3O3S2. The molecule has 6 nitrogen and oxygen atoms in total. The van der Waals surface area contributed by atoms with E-state index in [0.717, 1.165) is 16.9 Å². The van der Waals surface area contributed by atoms with Gasteiger partial charge in [0.15, 0.2) is 15.0 Å². The minimum absolute atomic E-state index is 0.211. The summed E-state index contributed by atoms with van der Waals surface area (Å²) < 4.78 is 33.0. The van der Waals surface area contributed by atoms with Gasteiger partial charge in [-0.05, 0) is 49.2 Å². The Morgan fingerprint density at radius 2 is 1.80 bits per heavy atom. The lowest BCUT2D eigenvalue weighted by Gasteiger charge is -2.10. The van der Waals surface area contributed by atoms with Crippen LogP contribution < -0.4 is 4.74 Å². The second kappa shape index (κ2) is 9.95. The minimum atomic E-state index is -3.50. The number of allylic oxidation sites excluding steroid dienone is 1. The van der Waals surface area contributed by atoms with E-state index >= 15 is 0 Å². The Labute approximate surface area is 181 Å². The van der Waals surface area contributed by atoms with Crippen molar-refractivity contribution in [1.29, 1.82) is 0 Å². The first kappa shape index (κ1) is 22.1. The van der Waals surface area contributed by atoms with Gasteiger partial charge in [-0.2, -0.15) is 0 Å². The standard InChI is InChI=1S/C22H25N3O3S2/c1-4-10-25-21(16-30(26,27)20-8-6-5-7-9-20)23-24-22(25)29-12-11-28-19-14-17(2)13-18(3)15-19/h4-9,13-15H,1,10-12,16H2,2-3H3. The maximum Gasteiger partial charge on any atom is 0.191 e. The number of nitrogens with zero attached hydrogens (tertiary/aromatic N) is 3. The molecule has 0 spiro atoms. The van der Waals surface area contributed by atoms with E-state index in [9.17, 15) is 8.42 Å². The molecule has 1 heterocycles. The van der Waals surface area contributed by atoms with Crippen LogP contribution in [0.4, 0.5) is 0 Å². The second-order valence-corrected chi connectivity index (χ2v) is 9.94. The van der Waals surface area contributed by atoms with E-state index in [1.54, 1.807) is 41.0 Å². The van der Waals surface area contributed by atoms with Crippen molar-refractivity contribution in [3.63, 3.8) is 0 Å². The third kappa shape index (κ3) is 5.73. The molecule has 30 heavy (non-hydrogen) atoms. The van der Waals surface area contributed by atoms with Crippen molar-refractivity contribution in [3.8, 4) is 5.75 Å². The number of thioether (sulfide) groups is 1. The van der Waals surface area contributed by atoms with E-state index in [0.29, 0.717) is 29.9 Å². The Hall–Kier alpha value is -2.58. The number of hydrogen-bond donors (Lipinski definition) is 0. The lowest BCUT2D eigenvalue weighted by Crippen LogP contribution is -2.11. The van der Waals surface area contributed by atoms with Gasteiger partial charge < -0.3 is 9.30 Å². The number of benzene rings is 2. The first-order chi connectivity index (χ1) is 14.4. The zero-order valence-electron chi connectivity index (χ0n) is 17.1. The van der Waals surface area contributed by atoms with E-state index in [1.165, 1.54) is 11.8 Å². The highest BCUT2D eigenvalue weighted by molar-refractivity contribution is 7.99. The number of sulfone groups is 1. The van der Waals surface area contributed by atoms with Crippen molar-refractivity contribution >= 4 is 21.6 Å². The van der Waals surface area contributed by atoms with Gasteiger partial charge in [0.2, 0.25) is 0 Å². The highest BCUT2D eigenvalue weighted by Gasteiger charge is 2.21. The summed E-state index contributed by atoms with van der Waals surface area (Å²) in [6.07, 6.45) is 1.71. The van der Waals surface area contributed by atoms with Gasteiger partial charge in [-0.3, -0.25) is 0 Å². The van der Waals surface area contributed by atoms with Crippen molar-refractivity contribution < 1.29 is 13.2 Å². The third-order valence-corrected chi connectivity index (χ3v) is 6.86. The summed E-state index contributed by atoms with van der Waals surface area (Å²) in [6, 6.07) is 14.5. The van der Waals surface area contributed by atoms with Gasteiger partial charge in [0.1, 0.15) is 17.3 Å². The van der Waals surface area contributed by atoms with Crippen LogP contribution in [-0.2, 0) is 22.1 Å². The van der Waals surface area contributed by atoms with Gasteiger partial charge >= 0.3 is 0 Å². The molecule has 0 saturated carbocycles. The van der Waals surface area contributed by atoms with E-state index in [-0.39, 0.29) is 10.6 Å². The average molecular weight is 444 g/mol. The van der Waals surface area contributed by atoms with Crippen LogP contribution in [0.3, 0.4) is 0 Å². The van der Waals surface area contributed by atoms with Gasteiger partial charge in [-0.1, -0.05) is 42.1 Å². The average Bonchev–Trinajstić information content (AvgIpc) is 3.06. The summed E-state index contributed by atoms with van der Waals surface area (Å²) in [6.45, 7) is 8.79. The quantitative estimate of drug-likeness (QED) is 0.265.